The molecule has 0 bridgehead atoms. The lowest BCUT2D eigenvalue weighted by atomic mass is 10.2. The molecule has 3 heterocycles. The number of carbonyl (C=O) groups is 2. The number of rotatable bonds is 2. The summed E-state index contributed by atoms with van der Waals surface area (Å²) in [6.45, 7) is 10.8. The number of likely N-dealkylation sites (tertiary alicyclic amines) is 1. The van der Waals surface area contributed by atoms with E-state index in [1.165, 1.54) is 0 Å². The highest BCUT2D eigenvalue weighted by Gasteiger charge is 2.36. The van der Waals surface area contributed by atoms with Crippen LogP contribution in [0.2, 0.25) is 0 Å². The van der Waals surface area contributed by atoms with Gasteiger partial charge in [0, 0.05) is 44.7 Å². The third kappa shape index (κ3) is 4.08. The van der Waals surface area contributed by atoms with E-state index in [1.807, 2.05) is 33.8 Å². The maximum Gasteiger partial charge on any atom is 0.410 e. The van der Waals surface area contributed by atoms with Crippen LogP contribution in [0.5, 0.6) is 5.88 Å². The van der Waals surface area contributed by atoms with Gasteiger partial charge in [-0.15, -0.1) is 0 Å². The van der Waals surface area contributed by atoms with E-state index in [0.29, 0.717) is 25.5 Å². The number of aromatic nitrogens is 1. The largest absolute Gasteiger partial charge is 0.472 e. The van der Waals surface area contributed by atoms with Crippen LogP contribution in [0.25, 0.3) is 0 Å². The molecule has 2 atom stereocenters. The highest BCUT2D eigenvalue weighted by Crippen LogP contribution is 2.28. The van der Waals surface area contributed by atoms with E-state index in [4.69, 9.17) is 9.47 Å². The molecule has 0 N–H and O–H groups in total. The van der Waals surface area contributed by atoms with Gasteiger partial charge in [0.25, 0.3) is 0 Å². The summed E-state index contributed by atoms with van der Waals surface area (Å²) < 4.78 is 11.5. The van der Waals surface area contributed by atoms with Crippen LogP contribution in [-0.4, -0.2) is 51.1 Å². The number of hydrogen-bond donors (Lipinski definition) is 0. The van der Waals surface area contributed by atoms with Crippen LogP contribution in [0.1, 0.15) is 52.2 Å². The fourth-order valence-electron chi connectivity index (χ4n) is 3.36. The van der Waals surface area contributed by atoms with Crippen molar-refractivity contribution in [2.45, 2.75) is 71.9 Å². The van der Waals surface area contributed by atoms with E-state index in [1.54, 1.807) is 22.9 Å². The number of nitrogens with zero attached hydrogens (tertiary/aromatic N) is 3. The van der Waals surface area contributed by atoms with Gasteiger partial charge in [0.15, 0.2) is 0 Å². The smallest absolute Gasteiger partial charge is 0.410 e. The number of ether oxygens (including phenoxy) is 2. The first-order valence-corrected chi connectivity index (χ1v) is 9.02. The van der Waals surface area contributed by atoms with Gasteiger partial charge >= 0.3 is 6.09 Å². The van der Waals surface area contributed by atoms with Gasteiger partial charge in [-0.25, -0.2) is 9.78 Å². The second kappa shape index (κ2) is 6.78. The Hall–Kier alpha value is -2.31. The molecule has 7 nitrogen and oxygen atoms in total. The fraction of sp³-hybridized carbons (Fsp3) is 0.632. The van der Waals surface area contributed by atoms with Crippen LogP contribution in [0, 0.1) is 0 Å². The Labute approximate surface area is 154 Å². The average Bonchev–Trinajstić information content (AvgIpc) is 3.08. The van der Waals surface area contributed by atoms with Crippen molar-refractivity contribution >= 4 is 12.0 Å². The Bertz CT molecular complexity index is 713. The molecule has 1 fully saturated rings. The van der Waals surface area contributed by atoms with Crippen molar-refractivity contribution in [2.24, 2.45) is 0 Å². The minimum atomic E-state index is -0.514. The summed E-state index contributed by atoms with van der Waals surface area (Å²) in [4.78, 5) is 31.7. The average molecular weight is 361 g/mol. The zero-order valence-electron chi connectivity index (χ0n) is 16.1. The minimum Gasteiger partial charge on any atom is -0.472 e. The molecule has 2 unspecified atom stereocenters. The van der Waals surface area contributed by atoms with E-state index >= 15 is 0 Å². The summed E-state index contributed by atoms with van der Waals surface area (Å²) in [5.41, 5.74) is 1.61. The first-order chi connectivity index (χ1) is 12.1. The van der Waals surface area contributed by atoms with Crippen LogP contribution in [0.3, 0.4) is 0 Å². The first kappa shape index (κ1) is 18.5. The maximum absolute atomic E-state index is 12.3. The monoisotopic (exact) mass is 361 g/mol. The quantitative estimate of drug-likeness (QED) is 0.810. The molecule has 3 rings (SSSR count). The predicted octanol–water partition coefficient (Wildman–Crippen LogP) is 2.72. The van der Waals surface area contributed by atoms with Crippen LogP contribution in [0.15, 0.2) is 12.3 Å². The normalized spacial score (nSPS) is 22.3. The number of pyridine rings is 1. The summed E-state index contributed by atoms with van der Waals surface area (Å²) in [5.74, 6) is 0.596. The van der Waals surface area contributed by atoms with Gasteiger partial charge in [0.1, 0.15) is 11.7 Å². The molecule has 0 aromatic carbocycles. The second-order valence-corrected chi connectivity index (χ2v) is 8.12. The van der Waals surface area contributed by atoms with Crippen molar-refractivity contribution in [1.82, 2.24) is 14.8 Å². The molecule has 0 radical (unpaired) electrons. The molecule has 0 spiro atoms. The van der Waals surface area contributed by atoms with Crippen LogP contribution in [0.4, 0.5) is 4.79 Å². The Kier molecular flexibility index (Phi) is 4.82. The summed E-state index contributed by atoms with van der Waals surface area (Å²) in [6.07, 6.45) is 2.08. The molecule has 1 saturated heterocycles. The summed E-state index contributed by atoms with van der Waals surface area (Å²) in [5, 5.41) is 0. The molecule has 1 aromatic heterocycles. The first-order valence-electron chi connectivity index (χ1n) is 9.02. The number of carbonyl (C=O) groups excluding carboxylic acids is 2. The van der Waals surface area contributed by atoms with Crippen molar-refractivity contribution in [1.29, 1.82) is 0 Å². The third-order valence-corrected chi connectivity index (χ3v) is 4.68. The summed E-state index contributed by atoms with van der Waals surface area (Å²) in [7, 11) is 0. The molecule has 26 heavy (non-hydrogen) atoms. The summed E-state index contributed by atoms with van der Waals surface area (Å²) >= 11 is 0. The third-order valence-electron chi connectivity index (χ3n) is 4.68. The van der Waals surface area contributed by atoms with Crippen molar-refractivity contribution in [3.63, 3.8) is 0 Å². The molecule has 2 amide bonds. The van der Waals surface area contributed by atoms with E-state index in [-0.39, 0.29) is 24.1 Å². The van der Waals surface area contributed by atoms with Gasteiger partial charge in [0.2, 0.25) is 11.8 Å². The fourth-order valence-corrected chi connectivity index (χ4v) is 3.36. The SMILES string of the molecule is CC(=O)N1Cc2cnc(OC3CC(C)N(C(=O)OC(C)(C)C)C3)cc2C1. The standard InChI is InChI=1S/C19H27N3O4/c1-12-6-16(11-22(12)18(24)26-19(3,4)5)25-17-7-14-9-21(13(2)23)10-15(14)8-20-17/h7-8,12,16H,6,9-11H2,1-5H3. The van der Waals surface area contributed by atoms with Crippen LogP contribution in [-0.2, 0) is 22.6 Å². The second-order valence-electron chi connectivity index (χ2n) is 8.12. The van der Waals surface area contributed by atoms with Crippen LogP contribution >= 0.6 is 0 Å². The van der Waals surface area contributed by atoms with Gasteiger partial charge in [0.05, 0.1) is 6.54 Å². The van der Waals surface area contributed by atoms with Gasteiger partial charge in [-0.1, -0.05) is 0 Å². The Morgan fingerprint density at radius 1 is 1.23 bits per heavy atom. The molecule has 0 aliphatic carbocycles. The number of hydrogen-bond acceptors (Lipinski definition) is 5. The number of amides is 2. The lowest BCUT2D eigenvalue weighted by Crippen LogP contribution is -2.39. The topological polar surface area (TPSA) is 72.0 Å². The van der Waals surface area contributed by atoms with E-state index in [0.717, 1.165) is 17.5 Å². The molecule has 7 heteroatoms. The predicted molar refractivity (Wildman–Crippen MR) is 95.6 cm³/mol. The Balaban J connectivity index is 1.62. The van der Waals surface area contributed by atoms with Gasteiger partial charge < -0.3 is 19.3 Å². The van der Waals surface area contributed by atoms with Crippen molar-refractivity contribution in [2.75, 3.05) is 6.54 Å². The zero-order chi connectivity index (χ0) is 19.1. The minimum absolute atomic E-state index is 0.0532. The molecule has 142 valence electrons. The number of fused-ring (bicyclic) bond motifs is 1. The molecule has 2 aliphatic heterocycles. The van der Waals surface area contributed by atoms with E-state index in [2.05, 4.69) is 4.98 Å². The van der Waals surface area contributed by atoms with Crippen molar-refractivity contribution in [3.05, 3.63) is 23.4 Å². The molecule has 0 saturated carbocycles. The molecule has 2 aliphatic rings. The lowest BCUT2D eigenvalue weighted by Gasteiger charge is -2.26. The zero-order valence-corrected chi connectivity index (χ0v) is 16.1. The van der Waals surface area contributed by atoms with Crippen molar-refractivity contribution in [3.8, 4) is 5.88 Å². The van der Waals surface area contributed by atoms with Gasteiger partial charge in [-0.2, -0.15) is 0 Å². The Morgan fingerprint density at radius 2 is 1.92 bits per heavy atom. The maximum atomic E-state index is 12.3. The molecular weight excluding hydrogens is 334 g/mol. The highest BCUT2D eigenvalue weighted by molar-refractivity contribution is 5.74. The molecular formula is C19H27N3O4. The van der Waals surface area contributed by atoms with Gasteiger partial charge in [-0.05, 0) is 38.8 Å². The lowest BCUT2D eigenvalue weighted by molar-refractivity contribution is -0.129. The van der Waals surface area contributed by atoms with E-state index < -0.39 is 5.60 Å². The van der Waals surface area contributed by atoms with Crippen molar-refractivity contribution < 1.29 is 19.1 Å². The van der Waals surface area contributed by atoms with Gasteiger partial charge in [-0.3, -0.25) is 4.79 Å². The highest BCUT2D eigenvalue weighted by atomic mass is 16.6. The molecule has 1 aromatic rings. The Morgan fingerprint density at radius 3 is 2.58 bits per heavy atom. The van der Waals surface area contributed by atoms with Crippen LogP contribution < -0.4 is 4.74 Å². The van der Waals surface area contributed by atoms with E-state index in [9.17, 15) is 9.59 Å². The summed E-state index contributed by atoms with van der Waals surface area (Å²) in [6, 6.07) is 1.96.